The Morgan fingerprint density at radius 3 is 2.67 bits per heavy atom. The lowest BCUT2D eigenvalue weighted by Gasteiger charge is -2.32. The summed E-state index contributed by atoms with van der Waals surface area (Å²) in [5, 5.41) is 22.1. The topological polar surface area (TPSA) is 224 Å². The van der Waals surface area contributed by atoms with Gasteiger partial charge in [-0.15, -0.1) is 0 Å². The third-order valence-corrected chi connectivity index (χ3v) is 8.19. The highest BCUT2D eigenvalue weighted by molar-refractivity contribution is 5.85. The summed E-state index contributed by atoms with van der Waals surface area (Å²) >= 11 is 0. The van der Waals surface area contributed by atoms with Crippen LogP contribution in [0.4, 0.5) is 10.6 Å². The van der Waals surface area contributed by atoms with Crippen LogP contribution in [0.5, 0.6) is 11.8 Å². The largest absolute Gasteiger partial charge is 0.496 e. The number of aliphatic hydroxyl groups is 1. The van der Waals surface area contributed by atoms with Gasteiger partial charge in [-0.3, -0.25) is 14.2 Å². The summed E-state index contributed by atoms with van der Waals surface area (Å²) in [5.41, 5.74) is 5.40. The fourth-order valence-corrected chi connectivity index (χ4v) is 5.66. The van der Waals surface area contributed by atoms with Crippen LogP contribution in [0.2, 0.25) is 0 Å². The van der Waals surface area contributed by atoms with Gasteiger partial charge in [-0.1, -0.05) is 25.1 Å². The number of hydrogen-bond acceptors (Lipinski definition) is 11. The molecule has 1 aliphatic rings. The summed E-state index contributed by atoms with van der Waals surface area (Å²) in [6, 6.07) is 5.36. The number of carboxylic acids is 1. The number of benzene rings is 1. The summed E-state index contributed by atoms with van der Waals surface area (Å²) in [6.07, 6.45) is 4.07. The molecule has 6 N–H and O–H groups in total. The fourth-order valence-electron chi connectivity index (χ4n) is 5.66. The highest BCUT2D eigenvalue weighted by atomic mass is 16.6. The first-order valence-electron chi connectivity index (χ1n) is 16.0. The van der Waals surface area contributed by atoms with E-state index >= 15 is 0 Å². The summed E-state index contributed by atoms with van der Waals surface area (Å²) in [4.78, 5) is 62.7. The number of fused-ring (bicyclic) bond motifs is 1. The SMILES string of the molecule is CCOc1nc(N)c2[nH]c(=O)n(Cc3ccc(CN(CC(C)(C)O)C(=O)O[C@H]4/C=C/CC[C@@](C)(C(=O)NCC(=O)O)CC4)c(OC)c3)c2n1. The molecule has 0 aliphatic heterocycles. The molecule has 16 heteroatoms. The second-order valence-corrected chi connectivity index (χ2v) is 12.9. The van der Waals surface area contributed by atoms with Crippen molar-refractivity contribution in [3.8, 4) is 11.8 Å². The second-order valence-electron chi connectivity index (χ2n) is 12.9. The van der Waals surface area contributed by atoms with Crippen molar-refractivity contribution in [3.63, 3.8) is 0 Å². The third-order valence-electron chi connectivity index (χ3n) is 8.19. The van der Waals surface area contributed by atoms with Crippen LogP contribution in [0.3, 0.4) is 0 Å². The van der Waals surface area contributed by atoms with Crippen LogP contribution in [0, 0.1) is 5.41 Å². The number of aromatic amines is 1. The number of aromatic nitrogens is 4. The molecule has 1 aliphatic carbocycles. The van der Waals surface area contributed by atoms with Crippen molar-refractivity contribution < 1.29 is 38.8 Å². The maximum atomic E-state index is 13.6. The number of carbonyl (C=O) groups excluding carboxylic acids is 2. The van der Waals surface area contributed by atoms with Gasteiger partial charge in [-0.25, -0.2) is 9.59 Å². The number of nitrogens with zero attached hydrogens (tertiary/aromatic N) is 4. The van der Waals surface area contributed by atoms with Gasteiger partial charge in [0, 0.05) is 11.0 Å². The number of anilines is 1. The van der Waals surface area contributed by atoms with Gasteiger partial charge in [0.15, 0.2) is 11.5 Å². The Hall–Kier alpha value is -5.12. The van der Waals surface area contributed by atoms with Crippen molar-refractivity contribution in [3.05, 3.63) is 52.0 Å². The zero-order valence-electron chi connectivity index (χ0n) is 28.4. The first-order valence-corrected chi connectivity index (χ1v) is 16.0. The third kappa shape index (κ3) is 9.49. The zero-order valence-corrected chi connectivity index (χ0v) is 28.4. The number of rotatable bonds is 13. The number of hydrogen-bond donors (Lipinski definition) is 5. The van der Waals surface area contributed by atoms with E-state index in [1.807, 2.05) is 6.08 Å². The first kappa shape index (κ1) is 36.7. The lowest BCUT2D eigenvalue weighted by Crippen LogP contribution is -2.44. The molecule has 0 radical (unpaired) electrons. The van der Waals surface area contributed by atoms with Crippen LogP contribution in [-0.2, 0) is 27.4 Å². The molecule has 4 rings (SSSR count). The van der Waals surface area contributed by atoms with Crippen LogP contribution in [0.1, 0.15) is 64.5 Å². The predicted molar refractivity (Wildman–Crippen MR) is 179 cm³/mol. The Labute approximate surface area is 283 Å². The monoisotopic (exact) mass is 683 g/mol. The van der Waals surface area contributed by atoms with Crippen molar-refractivity contribution >= 4 is 35.0 Å². The minimum Gasteiger partial charge on any atom is -0.496 e. The van der Waals surface area contributed by atoms with Gasteiger partial charge >= 0.3 is 23.8 Å². The first-order chi connectivity index (χ1) is 23.1. The number of nitrogens with two attached hydrogens (primary N) is 1. The second kappa shape index (κ2) is 15.4. The van der Waals surface area contributed by atoms with Crippen LogP contribution in [0.15, 0.2) is 35.1 Å². The molecule has 0 saturated carbocycles. The number of aliphatic carboxylic acids is 1. The Kier molecular flexibility index (Phi) is 11.5. The highest BCUT2D eigenvalue weighted by Crippen LogP contribution is 2.33. The number of amides is 2. The lowest BCUT2D eigenvalue weighted by atomic mass is 9.78. The molecule has 0 bridgehead atoms. The van der Waals surface area contributed by atoms with Crippen molar-refractivity contribution in [1.29, 1.82) is 0 Å². The van der Waals surface area contributed by atoms with Gasteiger partial charge < -0.3 is 45.4 Å². The van der Waals surface area contributed by atoms with E-state index in [2.05, 4.69) is 20.3 Å². The molecule has 49 heavy (non-hydrogen) atoms. The lowest BCUT2D eigenvalue weighted by molar-refractivity contribution is -0.140. The number of carboxylic acid groups (broad SMARTS) is 1. The van der Waals surface area contributed by atoms with Gasteiger partial charge in [0.05, 0.1) is 39.0 Å². The Morgan fingerprint density at radius 1 is 1.24 bits per heavy atom. The number of ether oxygens (including phenoxy) is 3. The van der Waals surface area contributed by atoms with Crippen molar-refractivity contribution in [2.75, 3.05) is 32.5 Å². The maximum absolute atomic E-state index is 13.6. The average molecular weight is 684 g/mol. The Bertz CT molecular complexity index is 1760. The molecule has 3 aromatic rings. The molecule has 0 saturated heterocycles. The van der Waals surface area contributed by atoms with E-state index in [-0.39, 0.29) is 43.0 Å². The van der Waals surface area contributed by atoms with Gasteiger partial charge in [-0.2, -0.15) is 9.97 Å². The molecule has 16 nitrogen and oxygen atoms in total. The molecule has 0 spiro atoms. The quantitative estimate of drug-likeness (QED) is 0.164. The molecule has 1 aromatic carbocycles. The van der Waals surface area contributed by atoms with E-state index in [9.17, 15) is 24.3 Å². The van der Waals surface area contributed by atoms with E-state index < -0.39 is 41.4 Å². The van der Waals surface area contributed by atoms with Crippen LogP contribution >= 0.6 is 0 Å². The maximum Gasteiger partial charge on any atom is 0.410 e. The van der Waals surface area contributed by atoms with E-state index in [0.717, 1.165) is 0 Å². The number of nitrogens with one attached hydrogen (secondary N) is 2. The molecule has 2 aromatic heterocycles. The van der Waals surface area contributed by atoms with E-state index in [1.54, 1.807) is 52.0 Å². The van der Waals surface area contributed by atoms with E-state index in [0.29, 0.717) is 54.7 Å². The molecule has 266 valence electrons. The summed E-state index contributed by atoms with van der Waals surface area (Å²) in [7, 11) is 1.49. The van der Waals surface area contributed by atoms with Gasteiger partial charge in [0.1, 0.15) is 23.9 Å². The van der Waals surface area contributed by atoms with Crippen molar-refractivity contribution in [2.24, 2.45) is 5.41 Å². The number of H-pyrrole nitrogens is 1. The van der Waals surface area contributed by atoms with Crippen LogP contribution in [-0.4, -0.2) is 91.1 Å². The number of allylic oxidation sites excluding steroid dienone is 1. The molecule has 2 amide bonds. The standard InChI is InChI=1S/C33H45N7O9/c1-6-48-29-37-26(34)25-27(38-29)40(30(44)36-25)17-20-10-11-21(23(15-20)47-5)18-39(19-32(2,3)46)31(45)49-22-9-7-8-13-33(4,14-12-22)28(43)35-16-24(41)42/h7,9-11,15,22,46H,6,8,12-14,16-19H2,1-5H3,(H,35,43)(H,36,44)(H,41,42)(H2,34,37,38)/b9-7+/t22-,33+/m0/s1. The molecule has 0 fully saturated rings. The summed E-state index contributed by atoms with van der Waals surface area (Å²) in [5.74, 6) is -0.968. The van der Waals surface area contributed by atoms with E-state index in [4.69, 9.17) is 25.1 Å². The summed E-state index contributed by atoms with van der Waals surface area (Å²) in [6.45, 7) is 6.66. The van der Waals surface area contributed by atoms with Crippen molar-refractivity contribution in [2.45, 2.75) is 78.2 Å². The highest BCUT2D eigenvalue weighted by Gasteiger charge is 2.35. The number of carbonyl (C=O) groups is 3. The Morgan fingerprint density at radius 2 is 2.00 bits per heavy atom. The number of nitrogen functional groups attached to an aromatic ring is 1. The number of imidazole rings is 1. The molecular weight excluding hydrogens is 638 g/mol. The molecule has 2 heterocycles. The zero-order chi connectivity index (χ0) is 35.9. The van der Waals surface area contributed by atoms with Crippen LogP contribution in [0.25, 0.3) is 11.2 Å². The van der Waals surface area contributed by atoms with Gasteiger partial charge in [0.2, 0.25) is 5.91 Å². The number of methoxy groups -OCH3 is 1. The predicted octanol–water partition coefficient (Wildman–Crippen LogP) is 2.57. The average Bonchev–Trinajstić information content (AvgIpc) is 3.34. The van der Waals surface area contributed by atoms with E-state index in [1.165, 1.54) is 16.6 Å². The fraction of sp³-hybridized carbons (Fsp3) is 0.515. The minimum absolute atomic E-state index is 0.0343. The van der Waals surface area contributed by atoms with Crippen molar-refractivity contribution in [1.82, 2.24) is 29.7 Å². The van der Waals surface area contributed by atoms with Gasteiger partial charge in [0.25, 0.3) is 0 Å². The van der Waals surface area contributed by atoms with Gasteiger partial charge in [-0.05, 0) is 64.2 Å². The normalized spacial score (nSPS) is 18.6. The molecular formula is C33H45N7O9. The Balaban J connectivity index is 1.52. The smallest absolute Gasteiger partial charge is 0.410 e. The molecule has 2 atom stereocenters. The molecule has 0 unspecified atom stereocenters. The van der Waals surface area contributed by atoms with Crippen LogP contribution < -0.4 is 26.2 Å². The minimum atomic E-state index is -1.26. The summed E-state index contributed by atoms with van der Waals surface area (Å²) < 4.78 is 18.4.